The van der Waals surface area contributed by atoms with Gasteiger partial charge in [0.25, 0.3) is 5.91 Å². The molecule has 1 aromatic carbocycles. The molecule has 2 amide bonds. The summed E-state index contributed by atoms with van der Waals surface area (Å²) < 4.78 is 0. The number of aromatic hydroxyl groups is 1. The molecule has 1 fully saturated rings. The van der Waals surface area contributed by atoms with Crippen LogP contribution in [0.1, 0.15) is 18.5 Å². The monoisotopic (exact) mass is 389 g/mol. The quantitative estimate of drug-likeness (QED) is 0.545. The van der Waals surface area contributed by atoms with Crippen molar-refractivity contribution in [1.29, 1.82) is 0 Å². The van der Waals surface area contributed by atoms with E-state index < -0.39 is 35.2 Å². The molecule has 0 saturated carbocycles. The van der Waals surface area contributed by atoms with Gasteiger partial charge in [-0.1, -0.05) is 24.3 Å². The molecule has 27 heavy (non-hydrogen) atoms. The molecule has 142 valence electrons. The summed E-state index contributed by atoms with van der Waals surface area (Å²) in [5.41, 5.74) is 6.93. The summed E-state index contributed by atoms with van der Waals surface area (Å²) >= 11 is 1.39. The molecule has 2 heterocycles. The molecule has 0 aromatic heterocycles. The Balaban J connectivity index is 1.74. The summed E-state index contributed by atoms with van der Waals surface area (Å²) in [7, 11) is 0. The van der Waals surface area contributed by atoms with Crippen molar-refractivity contribution in [2.75, 3.05) is 5.75 Å². The maximum Gasteiger partial charge on any atom is 0.352 e. The van der Waals surface area contributed by atoms with Gasteiger partial charge in [0.15, 0.2) is 0 Å². The molecule has 1 saturated heterocycles. The summed E-state index contributed by atoms with van der Waals surface area (Å²) in [5, 5.41) is 20.9. The number of nitrogens with one attached hydrogen (secondary N) is 1. The van der Waals surface area contributed by atoms with E-state index in [-0.39, 0.29) is 11.4 Å². The number of carbonyl (C=O) groups excluding carboxylic acids is 2. The van der Waals surface area contributed by atoms with Gasteiger partial charge in [0.1, 0.15) is 28.9 Å². The van der Waals surface area contributed by atoms with Gasteiger partial charge < -0.3 is 21.3 Å². The lowest BCUT2D eigenvalue weighted by molar-refractivity contribution is -0.150. The minimum atomic E-state index is -1.17. The predicted octanol–water partition coefficient (Wildman–Crippen LogP) is 0.707. The Morgan fingerprint density at radius 3 is 2.63 bits per heavy atom. The number of nitrogens with two attached hydrogens (primary N) is 1. The minimum absolute atomic E-state index is 0.0461. The molecule has 3 atom stereocenters. The van der Waals surface area contributed by atoms with Gasteiger partial charge in [0.2, 0.25) is 5.91 Å². The third kappa shape index (κ3) is 3.43. The van der Waals surface area contributed by atoms with Crippen molar-refractivity contribution in [3.8, 4) is 5.75 Å². The van der Waals surface area contributed by atoms with E-state index in [2.05, 4.69) is 5.32 Å². The van der Waals surface area contributed by atoms with Crippen LogP contribution in [0.3, 0.4) is 0 Å². The Hall–Kier alpha value is -2.78. The normalized spacial score (nSPS) is 23.0. The van der Waals surface area contributed by atoms with Crippen LogP contribution in [0.2, 0.25) is 0 Å². The Morgan fingerprint density at radius 1 is 1.37 bits per heavy atom. The van der Waals surface area contributed by atoms with E-state index in [1.165, 1.54) is 40.9 Å². The third-order valence-corrected chi connectivity index (χ3v) is 5.70. The van der Waals surface area contributed by atoms with Crippen LogP contribution in [0.5, 0.6) is 5.75 Å². The number of allylic oxidation sites excluding steroid dienone is 2. The zero-order chi connectivity index (χ0) is 19.7. The first-order valence-electron chi connectivity index (χ1n) is 8.24. The second kappa shape index (κ2) is 7.45. The zero-order valence-electron chi connectivity index (χ0n) is 14.5. The maximum absolute atomic E-state index is 12.5. The average molecular weight is 389 g/mol. The second-order valence-electron chi connectivity index (χ2n) is 6.14. The van der Waals surface area contributed by atoms with Crippen molar-refractivity contribution in [3.05, 3.63) is 53.3 Å². The number of amides is 2. The summed E-state index contributed by atoms with van der Waals surface area (Å²) in [4.78, 5) is 37.7. The number of hydrogen-bond donors (Lipinski definition) is 4. The van der Waals surface area contributed by atoms with Crippen LogP contribution in [0.4, 0.5) is 0 Å². The van der Waals surface area contributed by atoms with Gasteiger partial charge in [0.05, 0.1) is 0 Å². The number of β-lactam (4-membered cyclic amide) rings is 1. The number of fused-ring (bicyclic) bond motifs is 1. The second-order valence-corrected chi connectivity index (χ2v) is 7.25. The molecule has 9 heteroatoms. The zero-order valence-corrected chi connectivity index (χ0v) is 15.3. The largest absolute Gasteiger partial charge is 0.508 e. The Morgan fingerprint density at radius 2 is 2.04 bits per heavy atom. The van der Waals surface area contributed by atoms with E-state index in [0.717, 1.165) is 0 Å². The fraction of sp³-hybridized carbons (Fsp3) is 0.278. The van der Waals surface area contributed by atoms with Crippen molar-refractivity contribution in [2.24, 2.45) is 5.73 Å². The number of carbonyl (C=O) groups is 3. The first-order valence-corrected chi connectivity index (χ1v) is 9.28. The molecular weight excluding hydrogens is 370 g/mol. The molecule has 0 spiro atoms. The number of nitrogens with zero attached hydrogens (tertiary/aromatic N) is 1. The lowest BCUT2D eigenvalue weighted by atomic mass is 10.0. The van der Waals surface area contributed by atoms with E-state index in [4.69, 9.17) is 5.73 Å². The number of hydrogen-bond acceptors (Lipinski definition) is 6. The number of carboxylic acid groups (broad SMARTS) is 1. The van der Waals surface area contributed by atoms with E-state index >= 15 is 0 Å². The molecule has 5 N–H and O–H groups in total. The molecule has 0 unspecified atom stereocenters. The highest BCUT2D eigenvalue weighted by atomic mass is 32.2. The molecule has 0 radical (unpaired) electrons. The van der Waals surface area contributed by atoms with E-state index in [0.29, 0.717) is 16.9 Å². The minimum Gasteiger partial charge on any atom is -0.508 e. The molecular formula is C18H19N3O5S. The Kier molecular flexibility index (Phi) is 5.24. The number of phenolic OH excluding ortho intramolecular Hbond substituents is 1. The molecule has 3 rings (SSSR count). The van der Waals surface area contributed by atoms with Crippen molar-refractivity contribution in [3.63, 3.8) is 0 Å². The van der Waals surface area contributed by atoms with Crippen LogP contribution in [0.25, 0.3) is 0 Å². The summed E-state index contributed by atoms with van der Waals surface area (Å²) in [6.45, 7) is 1.77. The van der Waals surface area contributed by atoms with E-state index in [1.54, 1.807) is 19.1 Å². The van der Waals surface area contributed by atoms with Gasteiger partial charge in [-0.15, -0.1) is 11.8 Å². The SMILES string of the molecule is C/C=C/C1=C(C(=O)O)N2C(=O)[C@@H](NC(=O)[C@H](N)c3ccc(O)cc3)[C@@H]2SC1. The molecule has 2 aliphatic heterocycles. The molecule has 2 aliphatic rings. The lowest BCUT2D eigenvalue weighted by Crippen LogP contribution is -2.71. The lowest BCUT2D eigenvalue weighted by Gasteiger charge is -2.49. The summed E-state index contributed by atoms with van der Waals surface area (Å²) in [6, 6.07) is 4.06. The smallest absolute Gasteiger partial charge is 0.352 e. The van der Waals surface area contributed by atoms with Crippen LogP contribution >= 0.6 is 11.8 Å². The number of phenols is 1. The van der Waals surface area contributed by atoms with Crippen LogP contribution in [0.15, 0.2) is 47.7 Å². The third-order valence-electron chi connectivity index (χ3n) is 4.40. The predicted molar refractivity (Wildman–Crippen MR) is 99.5 cm³/mol. The average Bonchev–Trinajstić information content (AvgIpc) is 2.65. The molecule has 8 nitrogen and oxygen atoms in total. The molecule has 1 aromatic rings. The van der Waals surface area contributed by atoms with E-state index in [1.807, 2.05) is 0 Å². The highest BCUT2D eigenvalue weighted by Gasteiger charge is 2.54. The van der Waals surface area contributed by atoms with Crippen molar-refractivity contribution in [2.45, 2.75) is 24.4 Å². The first kappa shape index (κ1) is 19.0. The van der Waals surface area contributed by atoms with Gasteiger partial charge in [0, 0.05) is 5.75 Å². The first-order chi connectivity index (χ1) is 12.8. The van der Waals surface area contributed by atoms with Crippen molar-refractivity contribution < 1.29 is 24.6 Å². The Bertz CT molecular complexity index is 849. The van der Waals surface area contributed by atoms with Gasteiger partial charge in [-0.3, -0.25) is 14.5 Å². The maximum atomic E-state index is 12.5. The summed E-state index contributed by atoms with van der Waals surface area (Å²) in [6.07, 6.45) is 3.39. The van der Waals surface area contributed by atoms with Gasteiger partial charge >= 0.3 is 5.97 Å². The fourth-order valence-corrected chi connectivity index (χ4v) is 4.37. The number of aliphatic carboxylic acids is 1. The standard InChI is InChI=1S/C18H19N3O5S/c1-2-3-10-8-27-17-13(16(24)21(17)14(10)18(25)26)20-15(23)12(19)9-4-6-11(22)7-5-9/h2-7,12-13,17,22H,8,19H2,1H3,(H,20,23)(H,25,26)/b3-2+/t12-,13-,17+/m1/s1. The van der Waals surface area contributed by atoms with Crippen LogP contribution in [-0.2, 0) is 14.4 Å². The van der Waals surface area contributed by atoms with Gasteiger partial charge in [-0.2, -0.15) is 0 Å². The van der Waals surface area contributed by atoms with Crippen LogP contribution in [-0.4, -0.2) is 50.1 Å². The fourth-order valence-electron chi connectivity index (χ4n) is 3.05. The summed E-state index contributed by atoms with van der Waals surface area (Å²) in [5.74, 6) is -1.71. The highest BCUT2D eigenvalue weighted by Crippen LogP contribution is 2.40. The van der Waals surface area contributed by atoms with Crippen molar-refractivity contribution >= 4 is 29.5 Å². The van der Waals surface area contributed by atoms with Gasteiger partial charge in [-0.05, 0) is 30.2 Å². The highest BCUT2D eigenvalue weighted by molar-refractivity contribution is 8.00. The number of rotatable bonds is 5. The Labute approximate surface area is 159 Å². The molecule has 0 bridgehead atoms. The van der Waals surface area contributed by atoms with E-state index in [9.17, 15) is 24.6 Å². The topological polar surface area (TPSA) is 133 Å². The number of thioether (sulfide) groups is 1. The van der Waals surface area contributed by atoms with Crippen molar-refractivity contribution in [1.82, 2.24) is 10.2 Å². The van der Waals surface area contributed by atoms with Crippen LogP contribution in [0, 0.1) is 0 Å². The van der Waals surface area contributed by atoms with Crippen LogP contribution < -0.4 is 11.1 Å². The van der Waals surface area contributed by atoms with Gasteiger partial charge in [-0.25, -0.2) is 4.79 Å². The number of carboxylic acids is 1. The molecule has 0 aliphatic carbocycles. The number of benzene rings is 1.